The molecular formula is C13H21NO. The van der Waals surface area contributed by atoms with Gasteiger partial charge in [-0.15, -0.1) is 0 Å². The molecule has 2 rings (SSSR count). The second-order valence-corrected chi connectivity index (χ2v) is 4.97. The summed E-state index contributed by atoms with van der Waals surface area (Å²) in [5, 5.41) is 0. The molecule has 1 aromatic rings. The van der Waals surface area contributed by atoms with Gasteiger partial charge in [-0.2, -0.15) is 0 Å². The molecule has 1 fully saturated rings. The smallest absolute Gasteiger partial charge is 0.105 e. The van der Waals surface area contributed by atoms with Crippen molar-refractivity contribution in [3.8, 4) is 0 Å². The van der Waals surface area contributed by atoms with Gasteiger partial charge in [-0.25, -0.2) is 0 Å². The first-order valence-corrected chi connectivity index (χ1v) is 5.92. The molecule has 2 N–H and O–H groups in total. The van der Waals surface area contributed by atoms with Crippen LogP contribution in [-0.2, 0) is 0 Å². The van der Waals surface area contributed by atoms with Crippen molar-refractivity contribution in [1.29, 1.82) is 0 Å². The van der Waals surface area contributed by atoms with Gasteiger partial charge in [-0.3, -0.25) is 0 Å². The first kappa shape index (κ1) is 10.7. The van der Waals surface area contributed by atoms with Crippen molar-refractivity contribution < 1.29 is 4.42 Å². The molecule has 0 saturated heterocycles. The fourth-order valence-corrected chi connectivity index (χ4v) is 2.92. The average molecular weight is 207 g/mol. The van der Waals surface area contributed by atoms with E-state index in [1.54, 1.807) is 0 Å². The van der Waals surface area contributed by atoms with Crippen LogP contribution in [0.4, 0.5) is 0 Å². The van der Waals surface area contributed by atoms with Crippen LogP contribution in [0.3, 0.4) is 0 Å². The van der Waals surface area contributed by atoms with E-state index in [1.807, 2.05) is 13.8 Å². The Morgan fingerprint density at radius 2 is 2.13 bits per heavy atom. The van der Waals surface area contributed by atoms with Crippen molar-refractivity contribution in [2.45, 2.75) is 46.1 Å². The monoisotopic (exact) mass is 207 g/mol. The summed E-state index contributed by atoms with van der Waals surface area (Å²) in [6.45, 7) is 6.32. The van der Waals surface area contributed by atoms with Gasteiger partial charge in [-0.05, 0) is 38.2 Å². The van der Waals surface area contributed by atoms with Crippen LogP contribution in [0.15, 0.2) is 10.5 Å². The summed E-state index contributed by atoms with van der Waals surface area (Å²) in [4.78, 5) is 0. The van der Waals surface area contributed by atoms with Crippen LogP contribution in [0.5, 0.6) is 0 Å². The van der Waals surface area contributed by atoms with E-state index in [-0.39, 0.29) is 6.04 Å². The molecule has 84 valence electrons. The highest BCUT2D eigenvalue weighted by Crippen LogP contribution is 2.40. The number of aryl methyl sites for hydroxylation is 2. The van der Waals surface area contributed by atoms with Crippen LogP contribution in [0.2, 0.25) is 0 Å². The summed E-state index contributed by atoms with van der Waals surface area (Å²) in [7, 11) is 0. The average Bonchev–Trinajstić information content (AvgIpc) is 2.71. The molecule has 1 aromatic heterocycles. The zero-order valence-corrected chi connectivity index (χ0v) is 9.92. The zero-order chi connectivity index (χ0) is 11.0. The van der Waals surface area contributed by atoms with E-state index in [4.69, 9.17) is 10.2 Å². The lowest BCUT2D eigenvalue weighted by Gasteiger charge is -2.22. The minimum atomic E-state index is 0.167. The van der Waals surface area contributed by atoms with Crippen LogP contribution in [0.25, 0.3) is 0 Å². The molecule has 0 amide bonds. The lowest BCUT2D eigenvalue weighted by molar-refractivity contribution is 0.347. The summed E-state index contributed by atoms with van der Waals surface area (Å²) in [6, 6.07) is 2.27. The Kier molecular flexibility index (Phi) is 2.87. The highest BCUT2D eigenvalue weighted by molar-refractivity contribution is 5.24. The van der Waals surface area contributed by atoms with Gasteiger partial charge in [0.1, 0.15) is 11.5 Å². The maximum absolute atomic E-state index is 6.34. The number of hydrogen-bond acceptors (Lipinski definition) is 2. The summed E-state index contributed by atoms with van der Waals surface area (Å²) < 4.78 is 5.55. The second-order valence-electron chi connectivity index (χ2n) is 4.97. The van der Waals surface area contributed by atoms with Crippen molar-refractivity contribution >= 4 is 0 Å². The lowest BCUT2D eigenvalue weighted by Crippen LogP contribution is -2.23. The third kappa shape index (κ3) is 1.96. The lowest BCUT2D eigenvalue weighted by atomic mass is 9.86. The molecular weight excluding hydrogens is 186 g/mol. The molecule has 0 bridgehead atoms. The highest BCUT2D eigenvalue weighted by atomic mass is 16.3. The standard InChI is InChI=1S/C13H21NO/c1-8-5-4-6-11(8)13(14)12-7-9(2)15-10(12)3/h7-8,11,13H,4-6,14H2,1-3H3. The molecule has 3 atom stereocenters. The number of nitrogens with two attached hydrogens (primary N) is 1. The molecule has 1 saturated carbocycles. The minimum absolute atomic E-state index is 0.167. The maximum atomic E-state index is 6.34. The van der Waals surface area contributed by atoms with Gasteiger partial charge >= 0.3 is 0 Å². The molecule has 2 heteroatoms. The number of furan rings is 1. The predicted octanol–water partition coefficient (Wildman–Crippen LogP) is 3.33. The first-order valence-electron chi connectivity index (χ1n) is 5.92. The zero-order valence-electron chi connectivity index (χ0n) is 9.92. The predicted molar refractivity (Wildman–Crippen MR) is 61.6 cm³/mol. The van der Waals surface area contributed by atoms with Crippen molar-refractivity contribution in [3.63, 3.8) is 0 Å². The van der Waals surface area contributed by atoms with Gasteiger partial charge in [0.25, 0.3) is 0 Å². The molecule has 3 unspecified atom stereocenters. The molecule has 15 heavy (non-hydrogen) atoms. The van der Waals surface area contributed by atoms with E-state index >= 15 is 0 Å². The van der Waals surface area contributed by atoms with E-state index < -0.39 is 0 Å². The highest BCUT2D eigenvalue weighted by Gasteiger charge is 2.31. The Morgan fingerprint density at radius 1 is 1.40 bits per heavy atom. The van der Waals surface area contributed by atoms with E-state index in [2.05, 4.69) is 13.0 Å². The summed E-state index contributed by atoms with van der Waals surface area (Å²) in [5.41, 5.74) is 7.56. The topological polar surface area (TPSA) is 39.2 Å². The molecule has 1 aliphatic rings. The largest absolute Gasteiger partial charge is 0.466 e. The van der Waals surface area contributed by atoms with Gasteiger partial charge in [0.15, 0.2) is 0 Å². The van der Waals surface area contributed by atoms with Gasteiger partial charge < -0.3 is 10.2 Å². The number of hydrogen-bond donors (Lipinski definition) is 1. The third-order valence-corrected chi connectivity index (χ3v) is 3.83. The van der Waals surface area contributed by atoms with Crippen molar-refractivity contribution in [2.75, 3.05) is 0 Å². The first-order chi connectivity index (χ1) is 7.09. The Labute approximate surface area is 91.8 Å². The van der Waals surface area contributed by atoms with Crippen molar-refractivity contribution in [2.24, 2.45) is 17.6 Å². The Morgan fingerprint density at radius 3 is 2.60 bits per heavy atom. The fraction of sp³-hybridized carbons (Fsp3) is 0.692. The number of rotatable bonds is 2. The third-order valence-electron chi connectivity index (χ3n) is 3.83. The summed E-state index contributed by atoms with van der Waals surface area (Å²) in [6.07, 6.45) is 3.93. The molecule has 0 aliphatic heterocycles. The quantitative estimate of drug-likeness (QED) is 0.808. The molecule has 0 radical (unpaired) electrons. The SMILES string of the molecule is Cc1cc(C(N)C2CCCC2C)c(C)o1. The molecule has 0 aromatic carbocycles. The maximum Gasteiger partial charge on any atom is 0.105 e. The molecule has 1 aliphatic carbocycles. The summed E-state index contributed by atoms with van der Waals surface area (Å²) in [5.74, 6) is 3.37. The van der Waals surface area contributed by atoms with Crippen molar-refractivity contribution in [3.05, 3.63) is 23.2 Å². The van der Waals surface area contributed by atoms with Gasteiger partial charge in [0.05, 0.1) is 0 Å². The summed E-state index contributed by atoms with van der Waals surface area (Å²) >= 11 is 0. The van der Waals surface area contributed by atoms with Crippen LogP contribution < -0.4 is 5.73 Å². The van der Waals surface area contributed by atoms with E-state index in [9.17, 15) is 0 Å². The van der Waals surface area contributed by atoms with Crippen LogP contribution >= 0.6 is 0 Å². The Bertz CT molecular complexity index is 342. The van der Waals surface area contributed by atoms with Crippen LogP contribution in [-0.4, -0.2) is 0 Å². The second kappa shape index (κ2) is 4.01. The molecule has 1 heterocycles. The van der Waals surface area contributed by atoms with Crippen molar-refractivity contribution in [1.82, 2.24) is 0 Å². The minimum Gasteiger partial charge on any atom is -0.466 e. The van der Waals surface area contributed by atoms with Gasteiger partial charge in [0.2, 0.25) is 0 Å². The van der Waals surface area contributed by atoms with Crippen LogP contribution in [0.1, 0.15) is 49.3 Å². The molecule has 2 nitrogen and oxygen atoms in total. The normalized spacial score (nSPS) is 28.3. The van der Waals surface area contributed by atoms with Gasteiger partial charge in [0, 0.05) is 11.6 Å². The van der Waals surface area contributed by atoms with E-state index in [0.717, 1.165) is 17.4 Å². The van der Waals surface area contributed by atoms with E-state index in [1.165, 1.54) is 24.8 Å². The van der Waals surface area contributed by atoms with Crippen LogP contribution in [0, 0.1) is 25.7 Å². The fourth-order valence-electron chi connectivity index (χ4n) is 2.92. The van der Waals surface area contributed by atoms with E-state index in [0.29, 0.717) is 5.92 Å². The Balaban J connectivity index is 2.19. The molecule has 0 spiro atoms. The van der Waals surface area contributed by atoms with Gasteiger partial charge in [-0.1, -0.05) is 19.8 Å². The Hall–Kier alpha value is -0.760.